The minimum atomic E-state index is -0.536. The number of hydrogen-bond acceptors (Lipinski definition) is 4. The summed E-state index contributed by atoms with van der Waals surface area (Å²) in [6.07, 6.45) is -0.536. The lowest BCUT2D eigenvalue weighted by atomic mass is 10.0. The molecular weight excluding hydrogens is 256 g/mol. The van der Waals surface area contributed by atoms with Gasteiger partial charge in [-0.1, -0.05) is 0 Å². The van der Waals surface area contributed by atoms with Gasteiger partial charge in [-0.3, -0.25) is 4.79 Å². The average molecular weight is 274 g/mol. The maximum absolute atomic E-state index is 11.7. The number of fused-ring (bicyclic) bond motifs is 1. The molecule has 4 heteroatoms. The Morgan fingerprint density at radius 2 is 1.85 bits per heavy atom. The van der Waals surface area contributed by atoms with Crippen molar-refractivity contribution in [3.8, 4) is 5.75 Å². The Bertz CT molecular complexity index is 740. The van der Waals surface area contributed by atoms with E-state index in [1.807, 2.05) is 19.9 Å². The monoisotopic (exact) mass is 274 g/mol. The van der Waals surface area contributed by atoms with E-state index in [9.17, 15) is 9.59 Å². The molecule has 0 aliphatic carbocycles. The molecule has 1 aromatic heterocycles. The van der Waals surface area contributed by atoms with E-state index in [0.717, 1.165) is 16.5 Å². The molecule has 4 nitrogen and oxygen atoms in total. The highest BCUT2D eigenvalue weighted by atomic mass is 16.5. The fourth-order valence-electron chi connectivity index (χ4n) is 2.05. The second-order valence-corrected chi connectivity index (χ2v) is 5.15. The van der Waals surface area contributed by atoms with Crippen molar-refractivity contribution in [3.05, 3.63) is 39.2 Å². The summed E-state index contributed by atoms with van der Waals surface area (Å²) in [5, 5.41) is 0.751. The normalized spacial score (nSPS) is 12.4. The summed E-state index contributed by atoms with van der Waals surface area (Å²) < 4.78 is 11.1. The van der Waals surface area contributed by atoms with Gasteiger partial charge < -0.3 is 9.15 Å². The molecule has 2 aromatic rings. The highest BCUT2D eigenvalue weighted by Gasteiger charge is 2.16. The fourth-order valence-corrected chi connectivity index (χ4v) is 2.05. The van der Waals surface area contributed by atoms with E-state index in [-0.39, 0.29) is 11.4 Å². The number of aryl methyl sites for hydroxylation is 2. The van der Waals surface area contributed by atoms with E-state index in [2.05, 4.69) is 0 Å². The van der Waals surface area contributed by atoms with Crippen LogP contribution < -0.4 is 10.4 Å². The van der Waals surface area contributed by atoms with Crippen molar-refractivity contribution in [2.75, 3.05) is 0 Å². The molecule has 0 saturated carbocycles. The molecular formula is C16H18O4. The Hall–Kier alpha value is -2.10. The predicted molar refractivity (Wildman–Crippen MR) is 77.5 cm³/mol. The molecule has 106 valence electrons. The summed E-state index contributed by atoms with van der Waals surface area (Å²) in [7, 11) is 0. The van der Waals surface area contributed by atoms with Crippen LogP contribution in [0.1, 0.15) is 30.5 Å². The van der Waals surface area contributed by atoms with Crippen molar-refractivity contribution in [2.45, 2.75) is 40.7 Å². The summed E-state index contributed by atoms with van der Waals surface area (Å²) in [5.74, 6) is 0.526. The van der Waals surface area contributed by atoms with Gasteiger partial charge in [-0.2, -0.15) is 0 Å². The van der Waals surface area contributed by atoms with Crippen LogP contribution in [0.4, 0.5) is 0 Å². The largest absolute Gasteiger partial charge is 0.482 e. The van der Waals surface area contributed by atoms with Crippen LogP contribution in [0.5, 0.6) is 5.75 Å². The van der Waals surface area contributed by atoms with E-state index in [1.165, 1.54) is 6.92 Å². The Labute approximate surface area is 117 Å². The fraction of sp³-hybridized carbons (Fsp3) is 0.375. The Balaban J connectivity index is 2.73. The number of benzene rings is 1. The molecule has 0 aliphatic heterocycles. The molecule has 0 spiro atoms. The van der Waals surface area contributed by atoms with Gasteiger partial charge in [0, 0.05) is 5.56 Å². The second kappa shape index (κ2) is 5.12. The number of ether oxygens (including phenoxy) is 1. The van der Waals surface area contributed by atoms with Crippen LogP contribution in [0, 0.1) is 20.8 Å². The third kappa shape index (κ3) is 2.46. The van der Waals surface area contributed by atoms with Crippen LogP contribution in [0.2, 0.25) is 0 Å². The van der Waals surface area contributed by atoms with Gasteiger partial charge >= 0.3 is 5.63 Å². The minimum Gasteiger partial charge on any atom is -0.482 e. The smallest absolute Gasteiger partial charge is 0.339 e. The van der Waals surface area contributed by atoms with Crippen molar-refractivity contribution >= 4 is 16.8 Å². The van der Waals surface area contributed by atoms with Gasteiger partial charge in [0.25, 0.3) is 0 Å². The summed E-state index contributed by atoms with van der Waals surface area (Å²) in [4.78, 5) is 23.1. The van der Waals surface area contributed by atoms with E-state index < -0.39 is 6.10 Å². The molecule has 0 amide bonds. The minimum absolute atomic E-state index is 0.0496. The lowest BCUT2D eigenvalue weighted by Gasteiger charge is -2.16. The highest BCUT2D eigenvalue weighted by Crippen LogP contribution is 2.31. The topological polar surface area (TPSA) is 56.5 Å². The van der Waals surface area contributed by atoms with Crippen molar-refractivity contribution in [1.29, 1.82) is 0 Å². The molecule has 1 aromatic carbocycles. The number of ketones is 1. The number of carbonyl (C=O) groups is 1. The SMILES string of the molecule is CC(=O)C(C)Oc1cc(C)cc2oc(=O)c(C)c(C)c12. The first-order chi connectivity index (χ1) is 9.31. The van der Waals surface area contributed by atoms with E-state index in [0.29, 0.717) is 16.9 Å². The lowest BCUT2D eigenvalue weighted by molar-refractivity contribution is -0.122. The third-order valence-electron chi connectivity index (χ3n) is 3.53. The molecule has 1 atom stereocenters. The number of rotatable bonds is 3. The summed E-state index contributed by atoms with van der Waals surface area (Å²) in [5.41, 5.74) is 2.44. The molecule has 0 bridgehead atoms. The van der Waals surface area contributed by atoms with Crippen LogP contribution in [0.25, 0.3) is 11.0 Å². The quantitative estimate of drug-likeness (QED) is 0.807. The van der Waals surface area contributed by atoms with E-state index >= 15 is 0 Å². The zero-order valence-electron chi connectivity index (χ0n) is 12.4. The van der Waals surface area contributed by atoms with Crippen molar-refractivity contribution in [3.63, 3.8) is 0 Å². The molecule has 0 radical (unpaired) electrons. The summed E-state index contributed by atoms with van der Waals surface area (Å²) in [6.45, 7) is 8.66. The highest BCUT2D eigenvalue weighted by molar-refractivity contribution is 5.89. The van der Waals surface area contributed by atoms with Crippen LogP contribution in [-0.2, 0) is 4.79 Å². The maximum Gasteiger partial charge on any atom is 0.339 e. The maximum atomic E-state index is 11.7. The van der Waals surface area contributed by atoms with Crippen LogP contribution in [-0.4, -0.2) is 11.9 Å². The zero-order valence-corrected chi connectivity index (χ0v) is 12.4. The molecule has 1 heterocycles. The number of carbonyl (C=O) groups excluding carboxylic acids is 1. The van der Waals surface area contributed by atoms with Gasteiger partial charge in [0.15, 0.2) is 11.9 Å². The van der Waals surface area contributed by atoms with E-state index in [1.54, 1.807) is 19.9 Å². The van der Waals surface area contributed by atoms with Crippen molar-refractivity contribution in [1.82, 2.24) is 0 Å². The second-order valence-electron chi connectivity index (χ2n) is 5.15. The summed E-state index contributed by atoms with van der Waals surface area (Å²) >= 11 is 0. The molecule has 0 aliphatic rings. The third-order valence-corrected chi connectivity index (χ3v) is 3.53. The van der Waals surface area contributed by atoms with Gasteiger partial charge in [-0.25, -0.2) is 4.79 Å². The lowest BCUT2D eigenvalue weighted by Crippen LogP contribution is -2.21. The van der Waals surface area contributed by atoms with Crippen LogP contribution in [0.15, 0.2) is 21.3 Å². The zero-order chi connectivity index (χ0) is 15.0. The Morgan fingerprint density at radius 3 is 2.45 bits per heavy atom. The van der Waals surface area contributed by atoms with Crippen molar-refractivity contribution in [2.24, 2.45) is 0 Å². The average Bonchev–Trinajstić information content (AvgIpc) is 2.35. The van der Waals surface area contributed by atoms with Crippen molar-refractivity contribution < 1.29 is 13.9 Å². The van der Waals surface area contributed by atoms with Gasteiger partial charge in [0.2, 0.25) is 0 Å². The number of Topliss-reactive ketones (excluding diaryl/α,β-unsaturated/α-hetero) is 1. The molecule has 0 fully saturated rings. The first kappa shape index (κ1) is 14.3. The van der Waals surface area contributed by atoms with E-state index in [4.69, 9.17) is 9.15 Å². The van der Waals surface area contributed by atoms with Gasteiger partial charge in [0.1, 0.15) is 11.3 Å². The molecule has 1 unspecified atom stereocenters. The Kier molecular flexibility index (Phi) is 3.66. The standard InChI is InChI=1S/C16H18O4/c1-8-6-13(19-12(5)11(4)17)15-9(2)10(3)16(18)20-14(15)7-8/h6-7,12H,1-5H3. The molecule has 20 heavy (non-hydrogen) atoms. The molecule has 0 saturated heterocycles. The predicted octanol–water partition coefficient (Wildman–Crippen LogP) is 3.07. The summed E-state index contributed by atoms with van der Waals surface area (Å²) in [6, 6.07) is 3.66. The van der Waals surface area contributed by atoms with Gasteiger partial charge in [0.05, 0.1) is 5.39 Å². The first-order valence-electron chi connectivity index (χ1n) is 6.53. The Morgan fingerprint density at radius 1 is 1.20 bits per heavy atom. The molecule has 2 rings (SSSR count). The van der Waals surface area contributed by atoms with Crippen LogP contribution in [0.3, 0.4) is 0 Å². The van der Waals surface area contributed by atoms with Crippen LogP contribution >= 0.6 is 0 Å². The van der Waals surface area contributed by atoms with Gasteiger partial charge in [-0.05, 0) is 57.9 Å². The molecule has 0 N–H and O–H groups in total. The van der Waals surface area contributed by atoms with Gasteiger partial charge in [-0.15, -0.1) is 0 Å². The first-order valence-corrected chi connectivity index (χ1v) is 6.53. The number of hydrogen-bond donors (Lipinski definition) is 0.